The van der Waals surface area contributed by atoms with Crippen LogP contribution in [0, 0.1) is 0 Å². The molecular formula is C25H25N3O7. The van der Waals surface area contributed by atoms with Crippen LogP contribution < -0.4 is 35.1 Å². The Kier molecular flexibility index (Phi) is 8.12. The Morgan fingerprint density at radius 2 is 1.06 bits per heavy atom. The molecule has 0 aliphatic heterocycles. The van der Waals surface area contributed by atoms with Crippen molar-refractivity contribution in [1.82, 2.24) is 10.9 Å². The molecule has 3 rings (SSSR count). The molecule has 35 heavy (non-hydrogen) atoms. The van der Waals surface area contributed by atoms with Gasteiger partial charge < -0.3 is 24.3 Å². The summed E-state index contributed by atoms with van der Waals surface area (Å²) in [4.78, 5) is 37.4. The molecule has 0 saturated carbocycles. The van der Waals surface area contributed by atoms with Gasteiger partial charge in [-0.15, -0.1) is 0 Å². The van der Waals surface area contributed by atoms with Crippen LogP contribution in [-0.4, -0.2) is 46.2 Å². The summed E-state index contributed by atoms with van der Waals surface area (Å²) in [5.41, 5.74) is 6.12. The molecule has 182 valence electrons. The van der Waals surface area contributed by atoms with Gasteiger partial charge in [-0.25, -0.2) is 0 Å². The third-order valence-corrected chi connectivity index (χ3v) is 4.97. The summed E-state index contributed by atoms with van der Waals surface area (Å²) in [6, 6.07) is 15.8. The monoisotopic (exact) mass is 479 g/mol. The van der Waals surface area contributed by atoms with Crippen molar-refractivity contribution in [3.63, 3.8) is 0 Å². The van der Waals surface area contributed by atoms with Crippen molar-refractivity contribution in [2.45, 2.75) is 0 Å². The number of nitrogens with one attached hydrogen (secondary N) is 3. The molecule has 0 fully saturated rings. The Balaban J connectivity index is 1.60. The van der Waals surface area contributed by atoms with E-state index in [0.29, 0.717) is 34.2 Å². The fourth-order valence-corrected chi connectivity index (χ4v) is 3.12. The minimum absolute atomic E-state index is 0.191. The Labute approximate surface area is 202 Å². The second-order valence-electron chi connectivity index (χ2n) is 7.08. The first-order valence-electron chi connectivity index (χ1n) is 10.4. The Morgan fingerprint density at radius 3 is 1.54 bits per heavy atom. The van der Waals surface area contributed by atoms with Crippen molar-refractivity contribution < 1.29 is 33.3 Å². The van der Waals surface area contributed by atoms with Gasteiger partial charge in [0, 0.05) is 22.4 Å². The maximum absolute atomic E-state index is 12.5. The van der Waals surface area contributed by atoms with Crippen LogP contribution in [0.5, 0.6) is 23.0 Å². The summed E-state index contributed by atoms with van der Waals surface area (Å²) in [5.74, 6) is 0.164. The van der Waals surface area contributed by atoms with Crippen LogP contribution >= 0.6 is 0 Å². The van der Waals surface area contributed by atoms with Crippen molar-refractivity contribution >= 4 is 23.4 Å². The summed E-state index contributed by atoms with van der Waals surface area (Å²) in [6.07, 6.45) is 0. The lowest BCUT2D eigenvalue weighted by Gasteiger charge is -2.14. The van der Waals surface area contributed by atoms with Crippen LogP contribution in [0.15, 0.2) is 60.7 Å². The first-order valence-corrected chi connectivity index (χ1v) is 10.4. The summed E-state index contributed by atoms with van der Waals surface area (Å²) >= 11 is 0. The van der Waals surface area contributed by atoms with Crippen molar-refractivity contribution in [2.75, 3.05) is 33.8 Å². The van der Waals surface area contributed by atoms with Gasteiger partial charge in [-0.05, 0) is 60.7 Å². The third-order valence-electron chi connectivity index (χ3n) is 4.97. The van der Waals surface area contributed by atoms with E-state index in [2.05, 4.69) is 16.2 Å². The lowest BCUT2D eigenvalue weighted by Crippen LogP contribution is -2.41. The van der Waals surface area contributed by atoms with E-state index in [9.17, 15) is 14.4 Å². The number of methoxy groups -OCH3 is 4. The Hall–Kier alpha value is -4.73. The molecule has 10 nitrogen and oxygen atoms in total. The van der Waals surface area contributed by atoms with E-state index in [1.807, 2.05) is 0 Å². The lowest BCUT2D eigenvalue weighted by atomic mass is 10.1. The average Bonchev–Trinajstić information content (AvgIpc) is 2.90. The Morgan fingerprint density at radius 1 is 0.571 bits per heavy atom. The van der Waals surface area contributed by atoms with E-state index in [-0.39, 0.29) is 17.0 Å². The summed E-state index contributed by atoms with van der Waals surface area (Å²) in [6.45, 7) is 0. The van der Waals surface area contributed by atoms with Crippen LogP contribution in [0.25, 0.3) is 0 Å². The molecule has 3 aromatic carbocycles. The van der Waals surface area contributed by atoms with Gasteiger partial charge in [0.05, 0.1) is 28.4 Å². The average molecular weight is 479 g/mol. The normalized spacial score (nSPS) is 10.1. The molecule has 0 aliphatic rings. The minimum atomic E-state index is -0.582. The van der Waals surface area contributed by atoms with Gasteiger partial charge >= 0.3 is 0 Å². The molecule has 0 atom stereocenters. The van der Waals surface area contributed by atoms with E-state index in [0.717, 1.165) is 0 Å². The SMILES string of the molecule is COc1ccc(C(=O)Nc2ccc(C(=O)NNC(=O)c3cc(OC)c(OC)c(OC)c3)cc2)cc1. The fraction of sp³-hybridized carbons (Fsp3) is 0.160. The molecule has 0 unspecified atom stereocenters. The van der Waals surface area contributed by atoms with Gasteiger partial charge in [0.25, 0.3) is 17.7 Å². The van der Waals surface area contributed by atoms with Gasteiger partial charge in [0.1, 0.15) is 5.75 Å². The number of ether oxygens (including phenoxy) is 4. The van der Waals surface area contributed by atoms with E-state index < -0.39 is 11.8 Å². The number of carbonyl (C=O) groups excluding carboxylic acids is 3. The molecule has 0 saturated heterocycles. The number of hydrogen-bond acceptors (Lipinski definition) is 7. The van der Waals surface area contributed by atoms with Gasteiger partial charge in [0.2, 0.25) is 5.75 Å². The predicted molar refractivity (Wildman–Crippen MR) is 128 cm³/mol. The number of carbonyl (C=O) groups is 3. The van der Waals surface area contributed by atoms with Crippen molar-refractivity contribution in [2.24, 2.45) is 0 Å². The number of rotatable bonds is 8. The maximum Gasteiger partial charge on any atom is 0.269 e. The Bertz CT molecular complexity index is 1180. The van der Waals surface area contributed by atoms with Crippen molar-refractivity contribution in [3.8, 4) is 23.0 Å². The lowest BCUT2D eigenvalue weighted by molar-refractivity contribution is 0.0846. The van der Waals surface area contributed by atoms with Crippen LogP contribution in [0.4, 0.5) is 5.69 Å². The first kappa shape index (κ1) is 24.9. The first-order chi connectivity index (χ1) is 16.9. The summed E-state index contributed by atoms with van der Waals surface area (Å²) in [7, 11) is 5.87. The molecular weight excluding hydrogens is 454 g/mol. The zero-order valence-electron chi connectivity index (χ0n) is 19.6. The molecule has 0 aliphatic carbocycles. The number of hydrogen-bond donors (Lipinski definition) is 3. The van der Waals surface area contributed by atoms with Crippen LogP contribution in [-0.2, 0) is 0 Å². The third kappa shape index (κ3) is 5.99. The van der Waals surface area contributed by atoms with E-state index in [1.165, 1.54) is 45.6 Å². The number of anilines is 1. The molecule has 0 aromatic heterocycles. The molecule has 3 N–H and O–H groups in total. The van der Waals surface area contributed by atoms with Gasteiger partial charge in [0.15, 0.2) is 11.5 Å². The molecule has 10 heteroatoms. The smallest absolute Gasteiger partial charge is 0.269 e. The van der Waals surface area contributed by atoms with E-state index >= 15 is 0 Å². The standard InChI is InChI=1S/C25H25N3O7/c1-32-19-11-7-15(8-12-19)23(29)26-18-9-5-16(6-10-18)24(30)27-28-25(31)17-13-20(33-2)22(35-4)21(14-17)34-3/h5-14H,1-4H3,(H,26,29)(H,27,30)(H,28,31). The molecule has 0 heterocycles. The van der Waals surface area contributed by atoms with Crippen molar-refractivity contribution in [3.05, 3.63) is 77.4 Å². The van der Waals surface area contributed by atoms with Crippen LogP contribution in [0.2, 0.25) is 0 Å². The second-order valence-corrected chi connectivity index (χ2v) is 7.08. The highest BCUT2D eigenvalue weighted by atomic mass is 16.5. The number of amides is 3. The zero-order valence-corrected chi connectivity index (χ0v) is 19.6. The fourth-order valence-electron chi connectivity index (χ4n) is 3.12. The van der Waals surface area contributed by atoms with E-state index in [1.54, 1.807) is 43.5 Å². The maximum atomic E-state index is 12.5. The highest BCUT2D eigenvalue weighted by Crippen LogP contribution is 2.38. The summed E-state index contributed by atoms with van der Waals surface area (Å²) < 4.78 is 20.8. The zero-order chi connectivity index (χ0) is 25.4. The predicted octanol–water partition coefficient (Wildman–Crippen LogP) is 3.05. The second kappa shape index (κ2) is 11.4. The molecule has 0 spiro atoms. The molecule has 3 amide bonds. The highest BCUT2D eigenvalue weighted by Gasteiger charge is 2.17. The minimum Gasteiger partial charge on any atom is -0.497 e. The van der Waals surface area contributed by atoms with Crippen LogP contribution in [0.1, 0.15) is 31.1 Å². The van der Waals surface area contributed by atoms with Crippen LogP contribution in [0.3, 0.4) is 0 Å². The quantitative estimate of drug-likeness (QED) is 0.424. The summed E-state index contributed by atoms with van der Waals surface area (Å²) in [5, 5.41) is 2.75. The highest BCUT2D eigenvalue weighted by molar-refractivity contribution is 6.05. The van der Waals surface area contributed by atoms with E-state index in [4.69, 9.17) is 18.9 Å². The molecule has 0 radical (unpaired) electrons. The number of hydrazine groups is 1. The van der Waals surface area contributed by atoms with Gasteiger partial charge in [-0.1, -0.05) is 0 Å². The number of benzene rings is 3. The molecule has 0 bridgehead atoms. The largest absolute Gasteiger partial charge is 0.497 e. The van der Waals surface area contributed by atoms with Gasteiger partial charge in [-0.2, -0.15) is 0 Å². The topological polar surface area (TPSA) is 124 Å². The van der Waals surface area contributed by atoms with Crippen molar-refractivity contribution in [1.29, 1.82) is 0 Å². The van der Waals surface area contributed by atoms with Gasteiger partial charge in [-0.3, -0.25) is 25.2 Å². The molecule has 3 aromatic rings.